The third-order valence-corrected chi connectivity index (χ3v) is 5.35. The number of carbonyl (C=O) groups excluding carboxylic acids is 2. The average molecular weight is 399 g/mol. The Kier molecular flexibility index (Phi) is 6.96. The smallest absolute Gasteiger partial charge is 0.314 e. The summed E-state index contributed by atoms with van der Waals surface area (Å²) in [6.07, 6.45) is 5.94. The van der Waals surface area contributed by atoms with Crippen molar-refractivity contribution in [3.8, 4) is 0 Å². The van der Waals surface area contributed by atoms with Crippen molar-refractivity contribution < 1.29 is 23.8 Å². The first-order valence-corrected chi connectivity index (χ1v) is 10.2. The van der Waals surface area contributed by atoms with Crippen LogP contribution in [0.2, 0.25) is 0 Å². The molecule has 1 amide bonds. The largest absolute Gasteiger partial charge is 0.491 e. The Morgan fingerprint density at radius 2 is 1.97 bits per heavy atom. The van der Waals surface area contributed by atoms with E-state index in [9.17, 15) is 9.59 Å². The van der Waals surface area contributed by atoms with Gasteiger partial charge in [-0.15, -0.1) is 0 Å². The summed E-state index contributed by atoms with van der Waals surface area (Å²) < 4.78 is 16.4. The van der Waals surface area contributed by atoms with E-state index in [2.05, 4.69) is 0 Å². The molecule has 2 aliphatic heterocycles. The first kappa shape index (κ1) is 21.0. The van der Waals surface area contributed by atoms with Gasteiger partial charge in [0.05, 0.1) is 12.0 Å². The topological polar surface area (TPSA) is 65.1 Å². The summed E-state index contributed by atoms with van der Waals surface area (Å²) in [5.41, 5.74) is 0.322. The molecule has 0 spiro atoms. The van der Waals surface area contributed by atoms with Gasteiger partial charge in [-0.2, -0.15) is 0 Å². The number of rotatable bonds is 6. The number of ether oxygens (including phenoxy) is 3. The Morgan fingerprint density at radius 3 is 2.69 bits per heavy atom. The maximum absolute atomic E-state index is 13.0. The van der Waals surface area contributed by atoms with Crippen molar-refractivity contribution in [3.63, 3.8) is 0 Å². The normalized spacial score (nSPS) is 22.2. The van der Waals surface area contributed by atoms with Gasteiger partial charge < -0.3 is 19.1 Å². The van der Waals surface area contributed by atoms with E-state index in [1.807, 2.05) is 42.5 Å². The Hall–Kier alpha value is -2.76. The lowest BCUT2D eigenvalue weighted by Crippen LogP contribution is -2.51. The van der Waals surface area contributed by atoms with Crippen molar-refractivity contribution in [2.45, 2.75) is 33.1 Å². The van der Waals surface area contributed by atoms with Crippen LogP contribution in [-0.4, -0.2) is 49.7 Å². The van der Waals surface area contributed by atoms with Crippen LogP contribution in [-0.2, 0) is 23.8 Å². The summed E-state index contributed by atoms with van der Waals surface area (Å²) in [4.78, 5) is 27.6. The number of amides is 1. The highest BCUT2D eigenvalue weighted by atomic mass is 16.6. The molecular weight excluding hydrogens is 370 g/mol. The zero-order chi connectivity index (χ0) is 20.7. The van der Waals surface area contributed by atoms with Gasteiger partial charge in [0.25, 0.3) is 5.91 Å². The van der Waals surface area contributed by atoms with E-state index in [-0.39, 0.29) is 17.6 Å². The third kappa shape index (κ3) is 5.00. The minimum atomic E-state index is -0.751. The van der Waals surface area contributed by atoms with Crippen molar-refractivity contribution in [3.05, 3.63) is 53.5 Å². The molecule has 0 aromatic heterocycles. The number of carbonyl (C=O) groups is 2. The van der Waals surface area contributed by atoms with Crippen LogP contribution in [0, 0.1) is 5.41 Å². The number of hydrogen-bond acceptors (Lipinski definition) is 5. The van der Waals surface area contributed by atoms with Crippen LogP contribution < -0.4 is 0 Å². The molecule has 1 atom stereocenters. The van der Waals surface area contributed by atoms with Crippen LogP contribution in [0.1, 0.15) is 38.7 Å². The summed E-state index contributed by atoms with van der Waals surface area (Å²) in [6, 6.07) is 9.95. The number of piperidine rings is 1. The van der Waals surface area contributed by atoms with Crippen LogP contribution in [0.3, 0.4) is 0 Å². The maximum atomic E-state index is 13.0. The van der Waals surface area contributed by atoms with Crippen LogP contribution in [0.25, 0.3) is 6.08 Å². The van der Waals surface area contributed by atoms with E-state index in [4.69, 9.17) is 14.2 Å². The molecule has 0 bridgehead atoms. The monoisotopic (exact) mass is 399 g/mol. The number of likely N-dealkylation sites (tertiary alicyclic amines) is 1. The number of hydrogen-bond donors (Lipinski definition) is 0. The Labute approximate surface area is 172 Å². The molecule has 1 aromatic rings. The Bertz CT molecular complexity index is 786. The van der Waals surface area contributed by atoms with Crippen molar-refractivity contribution in [1.82, 2.24) is 4.90 Å². The molecule has 2 heterocycles. The second-order valence-electron chi connectivity index (χ2n) is 7.43. The van der Waals surface area contributed by atoms with E-state index in [1.54, 1.807) is 18.7 Å². The van der Waals surface area contributed by atoms with Gasteiger partial charge in [0.1, 0.15) is 19.0 Å². The van der Waals surface area contributed by atoms with Gasteiger partial charge in [-0.3, -0.25) is 9.59 Å². The van der Waals surface area contributed by atoms with Gasteiger partial charge in [-0.1, -0.05) is 42.5 Å². The van der Waals surface area contributed by atoms with Gasteiger partial charge in [0.2, 0.25) is 5.76 Å². The molecule has 156 valence electrons. The van der Waals surface area contributed by atoms with Gasteiger partial charge in [-0.05, 0) is 38.7 Å². The fraction of sp³-hybridized carbons (Fsp3) is 0.478. The van der Waals surface area contributed by atoms with Gasteiger partial charge >= 0.3 is 5.97 Å². The lowest BCUT2D eigenvalue weighted by molar-refractivity contribution is -0.160. The van der Waals surface area contributed by atoms with Crippen molar-refractivity contribution in [2.75, 3.05) is 32.9 Å². The van der Waals surface area contributed by atoms with Crippen molar-refractivity contribution in [2.24, 2.45) is 5.41 Å². The van der Waals surface area contributed by atoms with E-state index in [1.165, 1.54) is 0 Å². The van der Waals surface area contributed by atoms with Crippen LogP contribution >= 0.6 is 0 Å². The van der Waals surface area contributed by atoms with Gasteiger partial charge in [-0.25, -0.2) is 0 Å². The zero-order valence-electron chi connectivity index (χ0n) is 17.2. The molecule has 3 rings (SSSR count). The predicted octanol–water partition coefficient (Wildman–Crippen LogP) is 3.54. The van der Waals surface area contributed by atoms with E-state index < -0.39 is 5.41 Å². The lowest BCUT2D eigenvalue weighted by atomic mass is 9.76. The van der Waals surface area contributed by atoms with Gasteiger partial charge in [0, 0.05) is 13.1 Å². The molecule has 6 nitrogen and oxygen atoms in total. The number of esters is 1. The third-order valence-electron chi connectivity index (χ3n) is 5.35. The highest BCUT2D eigenvalue weighted by Crippen LogP contribution is 2.36. The number of allylic oxidation sites excluding steroid dienone is 2. The van der Waals surface area contributed by atoms with Crippen LogP contribution in [0.5, 0.6) is 0 Å². The van der Waals surface area contributed by atoms with E-state index in [0.717, 1.165) is 12.0 Å². The predicted molar refractivity (Wildman–Crippen MR) is 110 cm³/mol. The first-order valence-electron chi connectivity index (χ1n) is 10.2. The molecule has 1 aromatic carbocycles. The standard InChI is InChI=1S/C23H29NO5/c1-3-27-22(26)23(12-7-11-19-9-5-4-6-10-19)13-8-14-24(17-23)21(25)20-18(2)28-15-16-29-20/h4-7,9-11H,3,8,12-17H2,1-2H3/b11-7+. The fourth-order valence-electron chi connectivity index (χ4n) is 3.85. The molecular formula is C23H29NO5. The maximum Gasteiger partial charge on any atom is 0.314 e. The molecule has 0 radical (unpaired) electrons. The summed E-state index contributed by atoms with van der Waals surface area (Å²) >= 11 is 0. The minimum absolute atomic E-state index is 0.220. The average Bonchev–Trinajstić information content (AvgIpc) is 2.75. The Balaban J connectivity index is 1.79. The highest BCUT2D eigenvalue weighted by Gasteiger charge is 2.44. The van der Waals surface area contributed by atoms with Crippen molar-refractivity contribution >= 4 is 18.0 Å². The molecule has 1 unspecified atom stereocenters. The summed E-state index contributed by atoms with van der Waals surface area (Å²) in [6.45, 7) is 5.55. The first-order chi connectivity index (χ1) is 14.1. The lowest BCUT2D eigenvalue weighted by Gasteiger charge is -2.40. The fourth-order valence-corrected chi connectivity index (χ4v) is 3.85. The second kappa shape index (κ2) is 9.63. The molecule has 1 fully saturated rings. The number of benzene rings is 1. The molecule has 0 aliphatic carbocycles. The van der Waals surface area contributed by atoms with E-state index in [0.29, 0.717) is 51.5 Å². The summed E-state index contributed by atoms with van der Waals surface area (Å²) in [7, 11) is 0. The van der Waals surface area contributed by atoms with Crippen molar-refractivity contribution in [1.29, 1.82) is 0 Å². The molecule has 6 heteroatoms. The highest BCUT2D eigenvalue weighted by molar-refractivity contribution is 5.92. The summed E-state index contributed by atoms with van der Waals surface area (Å²) in [5, 5.41) is 0. The van der Waals surface area contributed by atoms with Crippen LogP contribution in [0.15, 0.2) is 47.9 Å². The quantitative estimate of drug-likeness (QED) is 0.685. The SMILES string of the molecule is CCOC(=O)C1(C/C=C/c2ccccc2)CCCN(C(=O)C2=C(C)OCCO2)C1. The molecule has 0 saturated carbocycles. The Morgan fingerprint density at radius 1 is 1.21 bits per heavy atom. The van der Waals surface area contributed by atoms with Crippen LogP contribution in [0.4, 0.5) is 0 Å². The molecule has 2 aliphatic rings. The molecule has 0 N–H and O–H groups in total. The molecule has 29 heavy (non-hydrogen) atoms. The van der Waals surface area contributed by atoms with Gasteiger partial charge in [0.15, 0.2) is 0 Å². The summed E-state index contributed by atoms with van der Waals surface area (Å²) in [5.74, 6) is 0.276. The minimum Gasteiger partial charge on any atom is -0.491 e. The number of nitrogens with zero attached hydrogens (tertiary/aromatic N) is 1. The second-order valence-corrected chi connectivity index (χ2v) is 7.43. The van der Waals surface area contributed by atoms with E-state index >= 15 is 0 Å². The molecule has 1 saturated heterocycles. The zero-order valence-corrected chi connectivity index (χ0v) is 17.2.